The number of carbonyl (C=O) groups is 1. The molecule has 1 saturated heterocycles. The number of nitrogens with zero attached hydrogens (tertiary/aromatic N) is 1. The number of hydrogen-bond donors (Lipinski definition) is 2. The highest BCUT2D eigenvalue weighted by Crippen LogP contribution is 2.30. The van der Waals surface area contributed by atoms with Crippen molar-refractivity contribution in [1.82, 2.24) is 15.5 Å². The van der Waals surface area contributed by atoms with Crippen LogP contribution in [0.3, 0.4) is 0 Å². The molecule has 0 bridgehead atoms. The van der Waals surface area contributed by atoms with Crippen molar-refractivity contribution < 1.29 is 4.79 Å². The minimum Gasteiger partial charge on any atom is -0.322 e. The Kier molecular flexibility index (Phi) is 7.27. The van der Waals surface area contributed by atoms with E-state index in [0.717, 1.165) is 57.4 Å². The van der Waals surface area contributed by atoms with Crippen LogP contribution >= 0.6 is 35.6 Å². The third kappa shape index (κ3) is 5.18. The molecule has 1 aliphatic carbocycles. The summed E-state index contributed by atoms with van der Waals surface area (Å²) in [6, 6.07) is 5.34. The minimum atomic E-state index is -0.436. The number of halogens is 3. The van der Waals surface area contributed by atoms with Gasteiger partial charge in [-0.15, -0.1) is 12.4 Å². The fourth-order valence-corrected chi connectivity index (χ4v) is 3.48. The first-order chi connectivity index (χ1) is 11.6. The third-order valence-corrected chi connectivity index (χ3v) is 5.31. The molecule has 1 heterocycles. The quantitative estimate of drug-likeness (QED) is 0.704. The van der Waals surface area contributed by atoms with Crippen LogP contribution in [0.15, 0.2) is 18.2 Å². The van der Waals surface area contributed by atoms with E-state index in [2.05, 4.69) is 22.5 Å². The lowest BCUT2D eigenvalue weighted by atomic mass is 9.98. The lowest BCUT2D eigenvalue weighted by molar-refractivity contribution is 0.182. The molecular weight excluding hydrogens is 381 g/mol. The molecule has 0 atom stereocenters. The van der Waals surface area contributed by atoms with E-state index in [1.807, 2.05) is 11.0 Å². The van der Waals surface area contributed by atoms with Crippen molar-refractivity contribution >= 4 is 41.6 Å². The van der Waals surface area contributed by atoms with Crippen molar-refractivity contribution in [2.45, 2.75) is 31.2 Å². The van der Waals surface area contributed by atoms with Gasteiger partial charge in [0.05, 0.1) is 10.0 Å². The highest BCUT2D eigenvalue weighted by molar-refractivity contribution is 6.42. The first-order valence-corrected chi connectivity index (χ1v) is 9.10. The van der Waals surface area contributed by atoms with Gasteiger partial charge < -0.3 is 15.5 Å². The topological polar surface area (TPSA) is 44.4 Å². The van der Waals surface area contributed by atoms with Crippen LogP contribution in [0.25, 0.3) is 0 Å². The lowest BCUT2D eigenvalue weighted by Gasteiger charge is -2.32. The lowest BCUT2D eigenvalue weighted by Crippen LogP contribution is -2.55. The number of carbonyl (C=O) groups excluding carboxylic acids is 1. The molecule has 4 nitrogen and oxygen atoms in total. The van der Waals surface area contributed by atoms with Gasteiger partial charge in [-0.3, -0.25) is 0 Å². The van der Waals surface area contributed by atoms with Gasteiger partial charge in [0.25, 0.3) is 0 Å². The second kappa shape index (κ2) is 9.00. The largest absolute Gasteiger partial charge is 0.322 e. The van der Waals surface area contributed by atoms with Gasteiger partial charge in [0, 0.05) is 31.7 Å². The first-order valence-electron chi connectivity index (χ1n) is 8.34. The van der Waals surface area contributed by atoms with Crippen LogP contribution in [-0.2, 0) is 0 Å². The highest BCUT2D eigenvalue weighted by atomic mass is 35.5. The Morgan fingerprint density at radius 3 is 2.48 bits per heavy atom. The van der Waals surface area contributed by atoms with E-state index in [4.69, 9.17) is 23.2 Å². The summed E-state index contributed by atoms with van der Waals surface area (Å²) < 4.78 is 0. The van der Waals surface area contributed by atoms with Crippen LogP contribution in [0.4, 0.5) is 4.79 Å². The second-order valence-corrected chi connectivity index (χ2v) is 7.15. The van der Waals surface area contributed by atoms with Crippen LogP contribution in [0.5, 0.6) is 0 Å². The third-order valence-electron chi connectivity index (χ3n) is 4.57. The number of amides is 2. The Bertz CT molecular complexity index is 672. The molecule has 0 aromatic heterocycles. The molecule has 2 aliphatic rings. The number of rotatable bonds is 1. The SMILES string of the molecule is Cl.O=C(NC1(C#Cc2ccc(Cl)c(Cl)c2)CCCC1)N1CCNCC1. The summed E-state index contributed by atoms with van der Waals surface area (Å²) in [6.07, 6.45) is 3.94. The Labute approximate surface area is 165 Å². The van der Waals surface area contributed by atoms with Crippen LogP contribution in [0.1, 0.15) is 31.2 Å². The van der Waals surface area contributed by atoms with E-state index in [1.165, 1.54) is 0 Å². The van der Waals surface area contributed by atoms with Crippen LogP contribution in [0.2, 0.25) is 10.0 Å². The molecule has 2 N–H and O–H groups in total. The zero-order valence-corrected chi connectivity index (χ0v) is 16.2. The van der Waals surface area contributed by atoms with Gasteiger partial charge in [-0.2, -0.15) is 0 Å². The van der Waals surface area contributed by atoms with Gasteiger partial charge in [-0.25, -0.2) is 4.79 Å². The van der Waals surface area contributed by atoms with Gasteiger partial charge in [-0.05, 0) is 43.9 Å². The zero-order valence-electron chi connectivity index (χ0n) is 13.9. The number of urea groups is 1. The summed E-state index contributed by atoms with van der Waals surface area (Å²) in [5, 5.41) is 7.45. The molecule has 2 fully saturated rings. The van der Waals surface area contributed by atoms with Gasteiger partial charge in [0.2, 0.25) is 0 Å². The maximum atomic E-state index is 12.6. The average Bonchev–Trinajstić information content (AvgIpc) is 3.05. The zero-order chi connectivity index (χ0) is 17.0. The number of nitrogens with one attached hydrogen (secondary N) is 2. The van der Waals surface area contributed by atoms with E-state index < -0.39 is 5.54 Å². The van der Waals surface area contributed by atoms with Gasteiger partial charge >= 0.3 is 6.03 Å². The summed E-state index contributed by atoms with van der Waals surface area (Å²) in [5.41, 5.74) is 0.376. The summed E-state index contributed by atoms with van der Waals surface area (Å²) in [5.74, 6) is 6.47. The van der Waals surface area contributed by atoms with Gasteiger partial charge in [0.1, 0.15) is 5.54 Å². The number of piperazine rings is 1. The molecule has 1 aromatic rings. The van der Waals surface area contributed by atoms with E-state index >= 15 is 0 Å². The Morgan fingerprint density at radius 2 is 1.84 bits per heavy atom. The molecule has 1 saturated carbocycles. The predicted molar refractivity (Wildman–Crippen MR) is 105 cm³/mol. The molecule has 1 aliphatic heterocycles. The van der Waals surface area contributed by atoms with Crippen LogP contribution in [-0.4, -0.2) is 42.6 Å². The molecule has 136 valence electrons. The normalized spacial score (nSPS) is 18.7. The maximum absolute atomic E-state index is 12.6. The summed E-state index contributed by atoms with van der Waals surface area (Å²) >= 11 is 12.0. The summed E-state index contributed by atoms with van der Waals surface area (Å²) in [6.45, 7) is 3.16. The first kappa shape index (κ1) is 20.2. The standard InChI is InChI=1S/C18H21Cl2N3O.ClH/c19-15-4-3-14(13-16(15)20)5-8-18(6-1-2-7-18)22-17(24)23-11-9-21-10-12-23;/h3-4,13,21H,1-2,6-7,9-12H2,(H,22,24);1H. The molecular formula is C18H22Cl3N3O. The van der Waals surface area contributed by atoms with Crippen LogP contribution < -0.4 is 10.6 Å². The molecule has 0 spiro atoms. The molecule has 0 unspecified atom stereocenters. The van der Waals surface area contributed by atoms with E-state index in [1.54, 1.807) is 12.1 Å². The smallest absolute Gasteiger partial charge is 0.318 e. The van der Waals surface area contributed by atoms with Crippen molar-refractivity contribution in [3.8, 4) is 11.8 Å². The predicted octanol–water partition coefficient (Wildman–Crippen LogP) is 3.69. The molecule has 0 radical (unpaired) electrons. The fourth-order valence-electron chi connectivity index (χ4n) is 3.18. The Hall–Kier alpha value is -1.12. The summed E-state index contributed by atoms with van der Waals surface area (Å²) in [7, 11) is 0. The van der Waals surface area contributed by atoms with Crippen molar-refractivity contribution in [3.63, 3.8) is 0 Å². The second-order valence-electron chi connectivity index (χ2n) is 6.34. The Morgan fingerprint density at radius 1 is 1.16 bits per heavy atom. The van der Waals surface area contributed by atoms with Crippen molar-refractivity contribution in [3.05, 3.63) is 33.8 Å². The van der Waals surface area contributed by atoms with Crippen molar-refractivity contribution in [1.29, 1.82) is 0 Å². The Balaban J connectivity index is 0.00000225. The molecule has 1 aromatic carbocycles. The summed E-state index contributed by atoms with van der Waals surface area (Å²) in [4.78, 5) is 14.4. The minimum absolute atomic E-state index is 0. The van der Waals surface area contributed by atoms with Gasteiger partial charge in [0.15, 0.2) is 0 Å². The maximum Gasteiger partial charge on any atom is 0.318 e. The van der Waals surface area contributed by atoms with Crippen molar-refractivity contribution in [2.75, 3.05) is 26.2 Å². The van der Waals surface area contributed by atoms with E-state index in [0.29, 0.717) is 10.0 Å². The van der Waals surface area contributed by atoms with E-state index in [9.17, 15) is 4.79 Å². The molecule has 25 heavy (non-hydrogen) atoms. The molecule has 3 rings (SSSR count). The average molecular weight is 403 g/mol. The monoisotopic (exact) mass is 401 g/mol. The van der Waals surface area contributed by atoms with Crippen molar-refractivity contribution in [2.24, 2.45) is 0 Å². The number of hydrogen-bond acceptors (Lipinski definition) is 2. The molecule has 7 heteroatoms. The van der Waals surface area contributed by atoms with E-state index in [-0.39, 0.29) is 18.4 Å². The number of benzene rings is 1. The fraction of sp³-hybridized carbons (Fsp3) is 0.500. The highest BCUT2D eigenvalue weighted by Gasteiger charge is 2.35. The van der Waals surface area contributed by atoms with Crippen LogP contribution in [0, 0.1) is 11.8 Å². The van der Waals surface area contributed by atoms with Gasteiger partial charge in [-0.1, -0.05) is 35.0 Å². The molecule has 2 amide bonds.